The number of hydrogen-bond acceptors (Lipinski definition) is 3. The van der Waals surface area contributed by atoms with Crippen LogP contribution in [0.3, 0.4) is 0 Å². The van der Waals surface area contributed by atoms with Crippen molar-refractivity contribution in [2.75, 3.05) is 5.32 Å². The SMILES string of the molecule is CCn1ncc(NCc2cc(C(F)(F)F)nn2C)c1C. The van der Waals surface area contributed by atoms with E-state index in [2.05, 4.69) is 15.5 Å². The van der Waals surface area contributed by atoms with E-state index in [0.717, 1.165) is 24.0 Å². The van der Waals surface area contributed by atoms with Gasteiger partial charge in [-0.2, -0.15) is 23.4 Å². The quantitative estimate of drug-likeness (QED) is 0.940. The normalized spacial score (nSPS) is 11.9. The molecule has 0 unspecified atom stereocenters. The van der Waals surface area contributed by atoms with Crippen molar-refractivity contribution in [1.82, 2.24) is 19.6 Å². The van der Waals surface area contributed by atoms with Gasteiger partial charge in [-0.05, 0) is 19.9 Å². The summed E-state index contributed by atoms with van der Waals surface area (Å²) in [5.41, 5.74) is 1.34. The van der Waals surface area contributed by atoms with E-state index in [1.165, 1.54) is 11.7 Å². The standard InChI is InChI=1S/C12H16F3N5/c1-4-20-8(2)10(7-17-20)16-6-9-5-11(12(13,14)15)18-19(9)3/h5,7,16H,4,6H2,1-3H3. The zero-order chi connectivity index (χ0) is 14.9. The molecule has 0 bridgehead atoms. The van der Waals surface area contributed by atoms with Gasteiger partial charge in [-0.3, -0.25) is 9.36 Å². The van der Waals surface area contributed by atoms with Gasteiger partial charge in [0.15, 0.2) is 5.69 Å². The van der Waals surface area contributed by atoms with Crippen LogP contribution in [0.15, 0.2) is 12.3 Å². The maximum absolute atomic E-state index is 12.5. The smallest absolute Gasteiger partial charge is 0.377 e. The fourth-order valence-corrected chi connectivity index (χ4v) is 1.93. The van der Waals surface area contributed by atoms with Gasteiger partial charge in [0.05, 0.1) is 29.8 Å². The molecule has 2 aromatic rings. The van der Waals surface area contributed by atoms with E-state index in [4.69, 9.17) is 0 Å². The zero-order valence-corrected chi connectivity index (χ0v) is 11.5. The Morgan fingerprint density at radius 2 is 2.05 bits per heavy atom. The van der Waals surface area contributed by atoms with Gasteiger partial charge < -0.3 is 5.32 Å². The number of halogens is 3. The highest BCUT2D eigenvalue weighted by Crippen LogP contribution is 2.28. The van der Waals surface area contributed by atoms with Crippen LogP contribution in [0, 0.1) is 6.92 Å². The predicted molar refractivity (Wildman–Crippen MR) is 68.2 cm³/mol. The predicted octanol–water partition coefficient (Wildman–Crippen LogP) is 2.58. The number of rotatable bonds is 4. The van der Waals surface area contributed by atoms with Crippen LogP contribution in [0.2, 0.25) is 0 Å². The van der Waals surface area contributed by atoms with Crippen LogP contribution in [0.25, 0.3) is 0 Å². The van der Waals surface area contributed by atoms with Crippen LogP contribution in [-0.2, 0) is 26.3 Å². The molecule has 2 rings (SSSR count). The van der Waals surface area contributed by atoms with Crippen molar-refractivity contribution >= 4 is 5.69 Å². The van der Waals surface area contributed by atoms with Crippen molar-refractivity contribution < 1.29 is 13.2 Å². The first-order valence-electron chi connectivity index (χ1n) is 6.19. The number of nitrogens with one attached hydrogen (secondary N) is 1. The van der Waals surface area contributed by atoms with Crippen LogP contribution in [-0.4, -0.2) is 19.6 Å². The lowest BCUT2D eigenvalue weighted by Crippen LogP contribution is -2.07. The Morgan fingerprint density at radius 3 is 2.55 bits per heavy atom. The summed E-state index contributed by atoms with van der Waals surface area (Å²) in [6.07, 6.45) is -2.75. The van der Waals surface area contributed by atoms with Crippen molar-refractivity contribution in [2.45, 2.75) is 33.1 Å². The second kappa shape index (κ2) is 5.18. The number of aromatic nitrogens is 4. The highest BCUT2D eigenvalue weighted by molar-refractivity contribution is 5.46. The maximum atomic E-state index is 12.5. The minimum absolute atomic E-state index is 0.260. The summed E-state index contributed by atoms with van der Waals surface area (Å²) in [5, 5.41) is 10.7. The monoisotopic (exact) mass is 287 g/mol. The first-order valence-corrected chi connectivity index (χ1v) is 6.19. The average Bonchev–Trinajstić information content (AvgIpc) is 2.90. The van der Waals surface area contributed by atoms with Gasteiger partial charge >= 0.3 is 6.18 Å². The van der Waals surface area contributed by atoms with Gasteiger partial charge in [0.25, 0.3) is 0 Å². The zero-order valence-electron chi connectivity index (χ0n) is 11.5. The summed E-state index contributed by atoms with van der Waals surface area (Å²) in [7, 11) is 1.49. The summed E-state index contributed by atoms with van der Waals surface area (Å²) in [6.45, 7) is 4.89. The summed E-state index contributed by atoms with van der Waals surface area (Å²) in [4.78, 5) is 0. The van der Waals surface area contributed by atoms with E-state index < -0.39 is 11.9 Å². The molecule has 0 aliphatic rings. The maximum Gasteiger partial charge on any atom is 0.435 e. The molecule has 0 saturated carbocycles. The molecule has 2 heterocycles. The minimum Gasteiger partial charge on any atom is -0.377 e. The third kappa shape index (κ3) is 2.78. The Labute approximate surface area is 114 Å². The van der Waals surface area contributed by atoms with E-state index in [-0.39, 0.29) is 6.54 Å². The largest absolute Gasteiger partial charge is 0.435 e. The van der Waals surface area contributed by atoms with E-state index >= 15 is 0 Å². The van der Waals surface area contributed by atoms with Crippen LogP contribution in [0.4, 0.5) is 18.9 Å². The van der Waals surface area contributed by atoms with Gasteiger partial charge in [-0.25, -0.2) is 0 Å². The number of anilines is 1. The summed E-state index contributed by atoms with van der Waals surface area (Å²) < 4.78 is 40.7. The van der Waals surface area contributed by atoms with Crippen LogP contribution in [0.5, 0.6) is 0 Å². The molecular formula is C12H16F3N5. The van der Waals surface area contributed by atoms with Crippen LogP contribution in [0.1, 0.15) is 24.0 Å². The molecule has 110 valence electrons. The van der Waals surface area contributed by atoms with Gasteiger partial charge in [-0.1, -0.05) is 0 Å². The summed E-state index contributed by atoms with van der Waals surface area (Å²) >= 11 is 0. The third-order valence-electron chi connectivity index (χ3n) is 3.13. The lowest BCUT2D eigenvalue weighted by Gasteiger charge is -2.06. The molecule has 0 saturated heterocycles. The number of nitrogens with zero attached hydrogens (tertiary/aromatic N) is 4. The number of aryl methyl sites for hydroxylation is 2. The molecule has 0 amide bonds. The van der Waals surface area contributed by atoms with Gasteiger partial charge in [0, 0.05) is 13.6 Å². The van der Waals surface area contributed by atoms with E-state index in [0.29, 0.717) is 5.69 Å². The van der Waals surface area contributed by atoms with Crippen molar-refractivity contribution in [1.29, 1.82) is 0 Å². The molecule has 0 aliphatic heterocycles. The molecule has 0 radical (unpaired) electrons. The lowest BCUT2D eigenvalue weighted by atomic mass is 10.3. The Morgan fingerprint density at radius 1 is 1.35 bits per heavy atom. The molecular weight excluding hydrogens is 271 g/mol. The average molecular weight is 287 g/mol. The Hall–Kier alpha value is -1.99. The van der Waals surface area contributed by atoms with Crippen LogP contribution >= 0.6 is 0 Å². The van der Waals surface area contributed by atoms with E-state index in [1.807, 2.05) is 18.5 Å². The minimum atomic E-state index is -4.42. The Balaban J connectivity index is 2.11. The van der Waals surface area contributed by atoms with Gasteiger partial charge in [0.1, 0.15) is 0 Å². The fraction of sp³-hybridized carbons (Fsp3) is 0.500. The van der Waals surface area contributed by atoms with E-state index in [9.17, 15) is 13.2 Å². The topological polar surface area (TPSA) is 47.7 Å². The number of alkyl halides is 3. The third-order valence-corrected chi connectivity index (χ3v) is 3.13. The molecule has 0 aromatic carbocycles. The molecule has 5 nitrogen and oxygen atoms in total. The van der Waals surface area contributed by atoms with Gasteiger partial charge in [0.2, 0.25) is 0 Å². The van der Waals surface area contributed by atoms with Crippen molar-refractivity contribution in [3.05, 3.63) is 29.3 Å². The van der Waals surface area contributed by atoms with Gasteiger partial charge in [-0.15, -0.1) is 0 Å². The second-order valence-corrected chi connectivity index (χ2v) is 4.46. The van der Waals surface area contributed by atoms with Crippen molar-refractivity contribution in [3.63, 3.8) is 0 Å². The van der Waals surface area contributed by atoms with Crippen molar-refractivity contribution in [2.24, 2.45) is 7.05 Å². The lowest BCUT2D eigenvalue weighted by molar-refractivity contribution is -0.141. The molecule has 0 spiro atoms. The highest BCUT2D eigenvalue weighted by Gasteiger charge is 2.34. The van der Waals surface area contributed by atoms with Crippen molar-refractivity contribution in [3.8, 4) is 0 Å². The first kappa shape index (κ1) is 14.4. The molecule has 20 heavy (non-hydrogen) atoms. The highest BCUT2D eigenvalue weighted by atomic mass is 19.4. The summed E-state index contributed by atoms with van der Waals surface area (Å²) in [5.74, 6) is 0. The number of hydrogen-bond donors (Lipinski definition) is 1. The molecule has 0 aliphatic carbocycles. The molecule has 8 heteroatoms. The Bertz CT molecular complexity index is 597. The second-order valence-electron chi connectivity index (χ2n) is 4.46. The molecule has 0 fully saturated rings. The van der Waals surface area contributed by atoms with E-state index in [1.54, 1.807) is 6.20 Å². The van der Waals surface area contributed by atoms with Crippen LogP contribution < -0.4 is 5.32 Å². The fourth-order valence-electron chi connectivity index (χ4n) is 1.93. The first-order chi connectivity index (χ1) is 9.32. The summed E-state index contributed by atoms with van der Waals surface area (Å²) in [6, 6.07) is 1.05. The molecule has 2 aromatic heterocycles. The molecule has 1 N–H and O–H groups in total. The Kier molecular flexibility index (Phi) is 3.74. The molecule has 0 atom stereocenters.